The van der Waals surface area contributed by atoms with Crippen molar-refractivity contribution < 1.29 is 0 Å². The Labute approximate surface area is 134 Å². The highest BCUT2D eigenvalue weighted by Gasteiger charge is 2.07. The van der Waals surface area contributed by atoms with Crippen LogP contribution in [0.4, 0.5) is 0 Å². The van der Waals surface area contributed by atoms with E-state index < -0.39 is 0 Å². The van der Waals surface area contributed by atoms with E-state index in [0.29, 0.717) is 0 Å². The summed E-state index contributed by atoms with van der Waals surface area (Å²) in [5.41, 5.74) is 1.95. The lowest BCUT2D eigenvalue weighted by molar-refractivity contribution is 1.20. The number of hydrogen-bond donors (Lipinski definition) is 0. The smallest absolute Gasteiger partial charge is 0.116 e. The van der Waals surface area contributed by atoms with Crippen molar-refractivity contribution in [3.05, 3.63) is 61.4 Å². The van der Waals surface area contributed by atoms with E-state index in [0.717, 1.165) is 31.6 Å². The van der Waals surface area contributed by atoms with Gasteiger partial charge in [-0.25, -0.2) is 19.9 Å². The highest BCUT2D eigenvalue weighted by molar-refractivity contribution is 8.76. The van der Waals surface area contributed by atoms with Gasteiger partial charge >= 0.3 is 0 Å². The SMILES string of the molecule is c1cc(SSc2cccc3cncnc23)c2ncncc2c1. The third-order valence-electron chi connectivity index (χ3n) is 3.22. The predicted molar refractivity (Wildman–Crippen MR) is 90.8 cm³/mol. The molecular formula is C16H10N4S2. The van der Waals surface area contributed by atoms with Gasteiger partial charge in [0.2, 0.25) is 0 Å². The molecule has 0 spiro atoms. The van der Waals surface area contributed by atoms with Crippen molar-refractivity contribution in [2.75, 3.05) is 0 Å². The van der Waals surface area contributed by atoms with E-state index >= 15 is 0 Å². The van der Waals surface area contributed by atoms with E-state index in [2.05, 4.69) is 32.1 Å². The fourth-order valence-electron chi connectivity index (χ4n) is 2.20. The molecule has 0 fully saturated rings. The average Bonchev–Trinajstić information content (AvgIpc) is 2.60. The van der Waals surface area contributed by atoms with Crippen molar-refractivity contribution >= 4 is 43.4 Å². The van der Waals surface area contributed by atoms with Crippen molar-refractivity contribution in [1.29, 1.82) is 0 Å². The molecule has 0 amide bonds. The molecule has 0 saturated carbocycles. The zero-order chi connectivity index (χ0) is 14.8. The van der Waals surface area contributed by atoms with Crippen LogP contribution in [0.1, 0.15) is 0 Å². The molecule has 2 heterocycles. The van der Waals surface area contributed by atoms with Gasteiger partial charge in [0.1, 0.15) is 12.7 Å². The van der Waals surface area contributed by atoms with Crippen LogP contribution < -0.4 is 0 Å². The lowest BCUT2D eigenvalue weighted by atomic mass is 10.2. The fraction of sp³-hybridized carbons (Fsp3) is 0. The van der Waals surface area contributed by atoms with Crippen LogP contribution in [0.5, 0.6) is 0 Å². The molecule has 6 heteroatoms. The first-order chi connectivity index (χ1) is 10.9. The van der Waals surface area contributed by atoms with Crippen LogP contribution in [-0.4, -0.2) is 19.9 Å². The highest BCUT2D eigenvalue weighted by Crippen LogP contribution is 2.41. The first kappa shape index (κ1) is 13.5. The molecule has 4 nitrogen and oxygen atoms in total. The van der Waals surface area contributed by atoms with Gasteiger partial charge in [0.15, 0.2) is 0 Å². The van der Waals surface area contributed by atoms with Gasteiger partial charge in [-0.2, -0.15) is 0 Å². The quantitative estimate of drug-likeness (QED) is 0.522. The normalized spacial score (nSPS) is 11.1. The molecule has 0 aliphatic carbocycles. The number of hydrogen-bond acceptors (Lipinski definition) is 6. The minimum absolute atomic E-state index is 0.977. The van der Waals surface area contributed by atoms with Gasteiger partial charge in [0, 0.05) is 33.0 Å². The summed E-state index contributed by atoms with van der Waals surface area (Å²) < 4.78 is 0. The van der Waals surface area contributed by atoms with Crippen molar-refractivity contribution in [1.82, 2.24) is 19.9 Å². The van der Waals surface area contributed by atoms with Crippen LogP contribution in [0.3, 0.4) is 0 Å². The molecule has 0 bridgehead atoms. The second-order valence-corrected chi connectivity index (χ2v) is 6.81. The van der Waals surface area contributed by atoms with Crippen LogP contribution in [0.15, 0.2) is 71.2 Å². The Morgan fingerprint density at radius 1 is 0.636 bits per heavy atom. The second-order valence-electron chi connectivity index (χ2n) is 4.60. The summed E-state index contributed by atoms with van der Waals surface area (Å²) in [7, 11) is 3.37. The van der Waals surface area contributed by atoms with E-state index in [1.807, 2.05) is 36.7 Å². The van der Waals surface area contributed by atoms with Crippen LogP contribution >= 0.6 is 21.6 Å². The third-order valence-corrected chi connectivity index (χ3v) is 5.64. The first-order valence-corrected chi connectivity index (χ1v) is 8.79. The molecule has 2 aromatic carbocycles. The Hall–Kier alpha value is -2.18. The van der Waals surface area contributed by atoms with Crippen LogP contribution in [0, 0.1) is 0 Å². The molecule has 2 aromatic heterocycles. The molecular weight excluding hydrogens is 312 g/mol. The van der Waals surface area contributed by atoms with Crippen molar-refractivity contribution in [2.45, 2.75) is 9.79 Å². The van der Waals surface area contributed by atoms with E-state index in [1.54, 1.807) is 34.2 Å². The predicted octanol–water partition coefficient (Wildman–Crippen LogP) is 4.37. The molecule has 0 saturated heterocycles. The summed E-state index contributed by atoms with van der Waals surface area (Å²) in [6.45, 7) is 0. The third kappa shape index (κ3) is 2.51. The molecule has 106 valence electrons. The molecule has 0 unspecified atom stereocenters. The number of fused-ring (bicyclic) bond motifs is 2. The lowest BCUT2D eigenvalue weighted by Crippen LogP contribution is -1.84. The molecule has 4 aromatic rings. The Balaban J connectivity index is 1.69. The highest BCUT2D eigenvalue weighted by atomic mass is 33.1. The van der Waals surface area contributed by atoms with Gasteiger partial charge in [0.05, 0.1) is 11.0 Å². The van der Waals surface area contributed by atoms with Gasteiger partial charge in [-0.1, -0.05) is 45.9 Å². The topological polar surface area (TPSA) is 51.6 Å². The van der Waals surface area contributed by atoms with Gasteiger partial charge in [-0.3, -0.25) is 0 Å². The Morgan fingerprint density at radius 2 is 1.14 bits per heavy atom. The van der Waals surface area contributed by atoms with E-state index in [-0.39, 0.29) is 0 Å². The van der Waals surface area contributed by atoms with Crippen LogP contribution in [-0.2, 0) is 0 Å². The molecule has 0 N–H and O–H groups in total. The summed E-state index contributed by atoms with van der Waals surface area (Å²) in [4.78, 5) is 19.2. The summed E-state index contributed by atoms with van der Waals surface area (Å²) in [6, 6.07) is 12.3. The minimum Gasteiger partial charge on any atom is -0.244 e. The maximum atomic E-state index is 4.38. The van der Waals surface area contributed by atoms with Crippen molar-refractivity contribution in [3.63, 3.8) is 0 Å². The summed E-state index contributed by atoms with van der Waals surface area (Å²) >= 11 is 0. The molecule has 22 heavy (non-hydrogen) atoms. The van der Waals surface area contributed by atoms with E-state index in [1.165, 1.54) is 0 Å². The van der Waals surface area contributed by atoms with Crippen LogP contribution in [0.2, 0.25) is 0 Å². The number of aromatic nitrogens is 4. The maximum absolute atomic E-state index is 4.38. The van der Waals surface area contributed by atoms with E-state index in [4.69, 9.17) is 0 Å². The number of benzene rings is 2. The van der Waals surface area contributed by atoms with E-state index in [9.17, 15) is 0 Å². The zero-order valence-corrected chi connectivity index (χ0v) is 13.0. The summed E-state index contributed by atoms with van der Waals surface area (Å²) in [5, 5.41) is 2.10. The monoisotopic (exact) mass is 322 g/mol. The number of rotatable bonds is 3. The fourth-order valence-corrected chi connectivity index (χ4v) is 4.49. The zero-order valence-electron chi connectivity index (χ0n) is 11.4. The van der Waals surface area contributed by atoms with Crippen LogP contribution in [0.25, 0.3) is 21.8 Å². The van der Waals surface area contributed by atoms with Gasteiger partial charge in [-0.05, 0) is 12.1 Å². The first-order valence-electron chi connectivity index (χ1n) is 6.64. The van der Waals surface area contributed by atoms with Gasteiger partial charge in [0.25, 0.3) is 0 Å². The Kier molecular flexibility index (Phi) is 3.62. The van der Waals surface area contributed by atoms with Gasteiger partial charge in [-0.15, -0.1) is 0 Å². The Morgan fingerprint density at radius 3 is 1.64 bits per heavy atom. The molecule has 0 aliphatic heterocycles. The molecule has 0 radical (unpaired) electrons. The van der Waals surface area contributed by atoms with Crippen molar-refractivity contribution in [3.8, 4) is 0 Å². The standard InChI is InChI=1S/C16H10N4S2/c1-3-11-7-17-9-19-15(11)13(5-1)21-22-14-6-2-4-12-8-18-10-20-16(12)14/h1-10H. The number of para-hydroxylation sites is 2. The van der Waals surface area contributed by atoms with Crippen molar-refractivity contribution in [2.24, 2.45) is 0 Å². The van der Waals surface area contributed by atoms with Gasteiger partial charge < -0.3 is 0 Å². The average molecular weight is 322 g/mol. The molecule has 0 aliphatic rings. The lowest BCUT2D eigenvalue weighted by Gasteiger charge is -2.06. The largest absolute Gasteiger partial charge is 0.244 e. The minimum atomic E-state index is 0.977. The summed E-state index contributed by atoms with van der Waals surface area (Å²) in [5.74, 6) is 0. The summed E-state index contributed by atoms with van der Waals surface area (Å²) in [6.07, 6.45) is 6.84. The second kappa shape index (κ2) is 5.90. The molecule has 0 atom stereocenters. The maximum Gasteiger partial charge on any atom is 0.116 e. The Bertz CT molecular complexity index is 869. The number of nitrogens with zero attached hydrogens (tertiary/aromatic N) is 4. The molecule has 4 rings (SSSR count).